The SMILES string of the molecule is O=C(NNC12CC3CC(CC(C3)C1)C2)c1c(Cl)cc(Cl)cc1Cl. The second kappa shape index (κ2) is 5.80. The van der Waals surface area contributed by atoms with Crippen molar-refractivity contribution in [3.05, 3.63) is 32.8 Å². The summed E-state index contributed by atoms with van der Waals surface area (Å²) in [5.41, 5.74) is 6.53. The van der Waals surface area contributed by atoms with Gasteiger partial charge in [-0.3, -0.25) is 10.2 Å². The summed E-state index contributed by atoms with van der Waals surface area (Å²) in [7, 11) is 0. The molecule has 1 aromatic rings. The molecular weight excluding hydrogens is 355 g/mol. The second-order valence-electron chi connectivity index (χ2n) is 7.52. The van der Waals surface area contributed by atoms with Gasteiger partial charge in [0.25, 0.3) is 5.91 Å². The standard InChI is InChI=1S/C17H19Cl3N2O/c18-12-4-13(19)15(14(20)5-12)16(23)21-22-17-6-9-1-10(7-17)3-11(2-9)8-17/h4-5,9-11,22H,1-3,6-8H2,(H,21,23). The number of carbonyl (C=O) groups is 1. The first kappa shape index (κ1) is 16.0. The molecule has 4 saturated carbocycles. The molecule has 0 heterocycles. The highest BCUT2D eigenvalue weighted by Crippen LogP contribution is 2.55. The lowest BCUT2D eigenvalue weighted by atomic mass is 9.53. The van der Waals surface area contributed by atoms with Gasteiger partial charge in [0.05, 0.1) is 15.6 Å². The van der Waals surface area contributed by atoms with Crippen molar-refractivity contribution in [3.63, 3.8) is 0 Å². The smallest absolute Gasteiger partial charge is 0.268 e. The number of hydrogen-bond donors (Lipinski definition) is 2. The summed E-state index contributed by atoms with van der Waals surface area (Å²) < 4.78 is 0. The molecule has 4 bridgehead atoms. The number of amides is 1. The summed E-state index contributed by atoms with van der Waals surface area (Å²) in [5.74, 6) is 2.14. The van der Waals surface area contributed by atoms with E-state index in [-0.39, 0.29) is 27.1 Å². The van der Waals surface area contributed by atoms with E-state index in [9.17, 15) is 4.79 Å². The summed E-state index contributed by atoms with van der Waals surface area (Å²) in [5, 5.41) is 0.963. The fourth-order valence-electron chi connectivity index (χ4n) is 5.27. The number of halogens is 3. The maximum Gasteiger partial charge on any atom is 0.268 e. The summed E-state index contributed by atoms with van der Waals surface area (Å²) in [6, 6.07) is 3.07. The fraction of sp³-hybridized carbons (Fsp3) is 0.588. The van der Waals surface area contributed by atoms with Crippen molar-refractivity contribution >= 4 is 40.7 Å². The van der Waals surface area contributed by atoms with Crippen LogP contribution in [0.25, 0.3) is 0 Å². The molecule has 0 unspecified atom stereocenters. The third-order valence-corrected chi connectivity index (χ3v) is 6.53. The summed E-state index contributed by atoms with van der Waals surface area (Å²) >= 11 is 18.2. The quantitative estimate of drug-likeness (QED) is 0.744. The molecule has 4 aliphatic rings. The molecule has 2 N–H and O–H groups in total. The Morgan fingerprint density at radius 2 is 1.43 bits per heavy atom. The van der Waals surface area contributed by atoms with Crippen molar-refractivity contribution in [1.82, 2.24) is 10.9 Å². The van der Waals surface area contributed by atoms with E-state index in [1.807, 2.05) is 0 Å². The summed E-state index contributed by atoms with van der Waals surface area (Å²) in [6.07, 6.45) is 7.56. The lowest BCUT2D eigenvalue weighted by Gasteiger charge is -2.56. The first-order chi connectivity index (χ1) is 10.9. The van der Waals surface area contributed by atoms with E-state index in [0.29, 0.717) is 5.02 Å². The number of hydrazine groups is 1. The van der Waals surface area contributed by atoms with Crippen LogP contribution in [-0.4, -0.2) is 11.4 Å². The van der Waals surface area contributed by atoms with Gasteiger partial charge in [-0.2, -0.15) is 0 Å². The van der Waals surface area contributed by atoms with Crippen LogP contribution < -0.4 is 10.9 Å². The summed E-state index contributed by atoms with van der Waals surface area (Å²) in [4.78, 5) is 12.5. The van der Waals surface area contributed by atoms with Gasteiger partial charge in [0, 0.05) is 10.6 Å². The Bertz CT molecular complexity index is 603. The minimum absolute atomic E-state index is 0.0514. The van der Waals surface area contributed by atoms with Crippen LogP contribution in [0.15, 0.2) is 12.1 Å². The Balaban J connectivity index is 1.48. The van der Waals surface area contributed by atoms with E-state index < -0.39 is 0 Å². The molecule has 1 amide bonds. The lowest BCUT2D eigenvalue weighted by Crippen LogP contribution is -2.62. The normalized spacial score (nSPS) is 34.7. The number of hydrogen-bond acceptors (Lipinski definition) is 2. The Morgan fingerprint density at radius 1 is 0.957 bits per heavy atom. The average Bonchev–Trinajstić information content (AvgIpc) is 2.42. The molecule has 0 atom stereocenters. The van der Waals surface area contributed by atoms with Crippen molar-refractivity contribution in [2.24, 2.45) is 17.8 Å². The Labute approximate surface area is 151 Å². The van der Waals surface area contributed by atoms with Crippen LogP contribution in [0.4, 0.5) is 0 Å². The molecule has 4 fully saturated rings. The highest BCUT2D eigenvalue weighted by molar-refractivity contribution is 6.42. The molecule has 0 aromatic heterocycles. The van der Waals surface area contributed by atoms with E-state index >= 15 is 0 Å². The van der Waals surface area contributed by atoms with Gasteiger partial charge in [-0.25, -0.2) is 5.43 Å². The fourth-order valence-corrected chi connectivity index (χ4v) is 6.26. The molecule has 124 valence electrons. The minimum Gasteiger partial charge on any atom is -0.287 e. The van der Waals surface area contributed by atoms with Gasteiger partial charge in [0.1, 0.15) is 0 Å². The van der Waals surface area contributed by atoms with Crippen LogP contribution in [0.5, 0.6) is 0 Å². The van der Waals surface area contributed by atoms with Crippen molar-refractivity contribution in [2.45, 2.75) is 44.1 Å². The van der Waals surface area contributed by atoms with E-state index in [0.717, 1.165) is 37.0 Å². The van der Waals surface area contributed by atoms with E-state index in [1.165, 1.54) is 31.4 Å². The maximum absolute atomic E-state index is 12.5. The second-order valence-corrected chi connectivity index (χ2v) is 8.77. The average molecular weight is 374 g/mol. The molecule has 5 rings (SSSR count). The van der Waals surface area contributed by atoms with Gasteiger partial charge in [0.15, 0.2) is 0 Å². The summed E-state index contributed by atoms with van der Waals surface area (Å²) in [6.45, 7) is 0. The molecule has 6 heteroatoms. The molecule has 3 nitrogen and oxygen atoms in total. The van der Waals surface area contributed by atoms with Crippen LogP contribution in [0, 0.1) is 17.8 Å². The minimum atomic E-state index is -0.299. The third kappa shape index (κ3) is 2.97. The molecular formula is C17H19Cl3N2O. The number of nitrogens with one attached hydrogen (secondary N) is 2. The number of benzene rings is 1. The highest BCUT2D eigenvalue weighted by Gasteiger charge is 2.51. The van der Waals surface area contributed by atoms with Gasteiger partial charge in [-0.05, 0) is 68.4 Å². The molecule has 23 heavy (non-hydrogen) atoms. The van der Waals surface area contributed by atoms with Gasteiger partial charge in [0.2, 0.25) is 0 Å². The predicted molar refractivity (Wildman–Crippen MR) is 93.0 cm³/mol. The van der Waals surface area contributed by atoms with Gasteiger partial charge >= 0.3 is 0 Å². The molecule has 0 radical (unpaired) electrons. The van der Waals surface area contributed by atoms with Crippen molar-refractivity contribution in [1.29, 1.82) is 0 Å². The van der Waals surface area contributed by atoms with Crippen LogP contribution in [0.2, 0.25) is 15.1 Å². The molecule has 0 aliphatic heterocycles. The number of rotatable bonds is 3. The molecule has 1 aromatic carbocycles. The van der Waals surface area contributed by atoms with Gasteiger partial charge in [-0.15, -0.1) is 0 Å². The molecule has 0 spiro atoms. The monoisotopic (exact) mass is 372 g/mol. The number of carbonyl (C=O) groups excluding carboxylic acids is 1. The zero-order valence-electron chi connectivity index (χ0n) is 12.7. The van der Waals surface area contributed by atoms with Crippen molar-refractivity contribution in [3.8, 4) is 0 Å². The van der Waals surface area contributed by atoms with E-state index in [4.69, 9.17) is 34.8 Å². The Morgan fingerprint density at radius 3 is 1.91 bits per heavy atom. The predicted octanol–water partition coefficient (Wildman–Crippen LogP) is 4.85. The Hall–Kier alpha value is -0.480. The topological polar surface area (TPSA) is 41.1 Å². The highest BCUT2D eigenvalue weighted by atomic mass is 35.5. The van der Waals surface area contributed by atoms with Crippen LogP contribution in [0.1, 0.15) is 48.9 Å². The van der Waals surface area contributed by atoms with E-state index in [1.54, 1.807) is 0 Å². The van der Waals surface area contributed by atoms with Crippen LogP contribution >= 0.6 is 34.8 Å². The first-order valence-electron chi connectivity index (χ1n) is 8.16. The zero-order chi connectivity index (χ0) is 16.2. The van der Waals surface area contributed by atoms with Gasteiger partial charge in [-0.1, -0.05) is 34.8 Å². The van der Waals surface area contributed by atoms with E-state index in [2.05, 4.69) is 10.9 Å². The van der Waals surface area contributed by atoms with Crippen LogP contribution in [0.3, 0.4) is 0 Å². The largest absolute Gasteiger partial charge is 0.287 e. The molecule has 4 aliphatic carbocycles. The third-order valence-electron chi connectivity index (χ3n) is 5.71. The lowest BCUT2D eigenvalue weighted by molar-refractivity contribution is -0.0257. The molecule has 0 saturated heterocycles. The maximum atomic E-state index is 12.5. The van der Waals surface area contributed by atoms with Crippen molar-refractivity contribution in [2.75, 3.05) is 0 Å². The zero-order valence-corrected chi connectivity index (χ0v) is 14.9. The Kier molecular flexibility index (Phi) is 4.04. The van der Waals surface area contributed by atoms with Gasteiger partial charge < -0.3 is 0 Å². The first-order valence-corrected chi connectivity index (χ1v) is 9.29. The van der Waals surface area contributed by atoms with Crippen LogP contribution in [-0.2, 0) is 0 Å². The van der Waals surface area contributed by atoms with Crippen molar-refractivity contribution < 1.29 is 4.79 Å².